The Bertz CT molecular complexity index is 1040. The van der Waals surface area contributed by atoms with Crippen molar-refractivity contribution in [1.29, 1.82) is 0 Å². The number of piperazine rings is 2. The van der Waals surface area contributed by atoms with Crippen molar-refractivity contribution in [2.75, 3.05) is 63.8 Å². The first-order valence-electron chi connectivity index (χ1n) is 13.5. The van der Waals surface area contributed by atoms with Crippen LogP contribution < -0.4 is 4.90 Å². The van der Waals surface area contributed by atoms with Gasteiger partial charge in [0.15, 0.2) is 0 Å². The van der Waals surface area contributed by atoms with Gasteiger partial charge in [-0.3, -0.25) is 14.6 Å². The Morgan fingerprint density at radius 2 is 1.69 bits per heavy atom. The van der Waals surface area contributed by atoms with E-state index in [2.05, 4.69) is 90.5 Å². The summed E-state index contributed by atoms with van der Waals surface area (Å²) in [5.74, 6) is 1.71. The molecular weight excluding hydrogens is 516 g/mol. The number of nitrogens with zero attached hydrogens (tertiary/aromatic N) is 6. The minimum absolute atomic E-state index is 0.140. The number of benzene rings is 1. The smallest absolute Gasteiger partial charge is 0.231 e. The molecule has 2 aliphatic heterocycles. The number of aryl methyl sites for hydroxylation is 1. The van der Waals surface area contributed by atoms with Gasteiger partial charge in [-0.05, 0) is 50.3 Å². The summed E-state index contributed by atoms with van der Waals surface area (Å²) in [6.45, 7) is 14.9. The second-order valence-corrected chi connectivity index (χ2v) is 11.8. The molecule has 194 valence electrons. The van der Waals surface area contributed by atoms with Crippen LogP contribution in [0.4, 0.5) is 5.82 Å². The number of aromatic nitrogens is 2. The number of fused-ring (bicyclic) bond motifs is 1. The third kappa shape index (κ3) is 5.46. The zero-order valence-corrected chi connectivity index (χ0v) is 23.5. The quantitative estimate of drug-likeness (QED) is 0.542. The lowest BCUT2D eigenvalue weighted by atomic mass is 9.96. The van der Waals surface area contributed by atoms with E-state index in [0.717, 1.165) is 87.6 Å². The number of anilines is 1. The molecule has 3 heterocycles. The van der Waals surface area contributed by atoms with Gasteiger partial charge in [0, 0.05) is 80.7 Å². The van der Waals surface area contributed by atoms with E-state index in [1.807, 2.05) is 0 Å². The number of hydrogen-bond acceptors (Lipinski definition) is 6. The molecule has 36 heavy (non-hydrogen) atoms. The molecule has 7 nitrogen and oxygen atoms in total. The van der Waals surface area contributed by atoms with E-state index < -0.39 is 0 Å². The molecule has 0 unspecified atom stereocenters. The number of carbonyl (C=O) groups excluding carboxylic acids is 1. The van der Waals surface area contributed by atoms with Gasteiger partial charge in [-0.2, -0.15) is 0 Å². The van der Waals surface area contributed by atoms with E-state index in [-0.39, 0.29) is 11.8 Å². The van der Waals surface area contributed by atoms with Gasteiger partial charge < -0.3 is 9.80 Å². The lowest BCUT2D eigenvalue weighted by Gasteiger charge is -2.40. The highest BCUT2D eigenvalue weighted by atomic mass is 79.9. The van der Waals surface area contributed by atoms with Crippen LogP contribution in [0.25, 0.3) is 0 Å². The van der Waals surface area contributed by atoms with Crippen LogP contribution in [0.2, 0.25) is 0 Å². The highest BCUT2D eigenvalue weighted by Crippen LogP contribution is 2.37. The Kier molecular flexibility index (Phi) is 7.93. The highest BCUT2D eigenvalue weighted by Gasteiger charge is 2.33. The maximum absolute atomic E-state index is 13.9. The van der Waals surface area contributed by atoms with Crippen LogP contribution in [-0.4, -0.2) is 95.5 Å². The summed E-state index contributed by atoms with van der Waals surface area (Å²) in [6.07, 6.45) is 3.91. The summed E-state index contributed by atoms with van der Waals surface area (Å²) < 4.78 is 1.04. The predicted octanol–water partition coefficient (Wildman–Crippen LogP) is 3.75. The largest absolute Gasteiger partial charge is 0.353 e. The monoisotopic (exact) mass is 554 g/mol. The van der Waals surface area contributed by atoms with Crippen molar-refractivity contribution >= 4 is 27.7 Å². The summed E-state index contributed by atoms with van der Waals surface area (Å²) in [7, 11) is 0. The van der Waals surface area contributed by atoms with Crippen LogP contribution in [0.1, 0.15) is 55.8 Å². The van der Waals surface area contributed by atoms with Crippen LogP contribution in [0, 0.1) is 0 Å². The minimum atomic E-state index is -0.140. The summed E-state index contributed by atoms with van der Waals surface area (Å²) in [5, 5.41) is 0. The molecule has 1 aliphatic carbocycles. The van der Waals surface area contributed by atoms with Gasteiger partial charge in [-0.25, -0.2) is 9.97 Å². The van der Waals surface area contributed by atoms with Gasteiger partial charge in [-0.15, -0.1) is 0 Å². The predicted molar refractivity (Wildman–Crippen MR) is 148 cm³/mol. The van der Waals surface area contributed by atoms with Crippen molar-refractivity contribution in [3.63, 3.8) is 0 Å². The number of carbonyl (C=O) groups is 1. The zero-order chi connectivity index (χ0) is 25.2. The van der Waals surface area contributed by atoms with E-state index in [0.29, 0.717) is 12.0 Å². The third-order valence-electron chi connectivity index (χ3n) is 8.29. The molecule has 0 radical (unpaired) electrons. The number of hydrogen-bond donors (Lipinski definition) is 0. The molecule has 2 aromatic rings. The Hall–Kier alpha value is -2.03. The summed E-state index contributed by atoms with van der Waals surface area (Å²) in [6, 6.07) is 8.91. The van der Waals surface area contributed by atoms with Crippen LogP contribution >= 0.6 is 15.9 Å². The molecule has 8 heteroatoms. The van der Waals surface area contributed by atoms with Crippen LogP contribution in [0.3, 0.4) is 0 Å². The molecule has 0 N–H and O–H groups in total. The molecule has 5 rings (SSSR count). The minimum Gasteiger partial charge on any atom is -0.353 e. The average molecular weight is 556 g/mol. The van der Waals surface area contributed by atoms with Gasteiger partial charge >= 0.3 is 0 Å². The fourth-order valence-electron chi connectivity index (χ4n) is 5.98. The zero-order valence-electron chi connectivity index (χ0n) is 21.9. The second-order valence-electron chi connectivity index (χ2n) is 10.8. The first-order valence-corrected chi connectivity index (χ1v) is 14.3. The number of rotatable bonds is 6. The topological polar surface area (TPSA) is 55.8 Å². The summed E-state index contributed by atoms with van der Waals surface area (Å²) in [4.78, 5) is 32.6. The lowest BCUT2D eigenvalue weighted by Crippen LogP contribution is -2.53. The average Bonchev–Trinajstić information content (AvgIpc) is 3.29. The molecule has 1 amide bonds. The highest BCUT2D eigenvalue weighted by molar-refractivity contribution is 9.10. The van der Waals surface area contributed by atoms with Gasteiger partial charge in [0.1, 0.15) is 12.1 Å². The van der Waals surface area contributed by atoms with Crippen molar-refractivity contribution in [1.82, 2.24) is 24.7 Å². The Morgan fingerprint density at radius 1 is 1.00 bits per heavy atom. The Labute approximate surface area is 224 Å². The normalized spacial score (nSPS) is 22.2. The molecular formula is C28H39BrN6O. The molecule has 2 saturated heterocycles. The van der Waals surface area contributed by atoms with Crippen LogP contribution in [0.15, 0.2) is 35.1 Å². The molecule has 2 fully saturated rings. The van der Waals surface area contributed by atoms with E-state index in [1.165, 1.54) is 11.3 Å². The lowest BCUT2D eigenvalue weighted by molar-refractivity contribution is -0.133. The maximum Gasteiger partial charge on any atom is 0.231 e. The summed E-state index contributed by atoms with van der Waals surface area (Å²) >= 11 is 3.55. The third-order valence-corrected chi connectivity index (χ3v) is 8.82. The SMILES string of the molecule is CC(C)N1CCN(C[C@@H](C(=O)N2CCN(c3ncnc4c3[C@H](C)CC4)CC2)c2ccc(Br)cc2)CC1. The molecule has 0 spiro atoms. The van der Waals surface area contributed by atoms with Crippen molar-refractivity contribution in [3.05, 3.63) is 51.9 Å². The molecule has 1 aromatic heterocycles. The molecule has 0 saturated carbocycles. The summed E-state index contributed by atoms with van der Waals surface area (Å²) in [5.41, 5.74) is 3.64. The van der Waals surface area contributed by atoms with Crippen LogP contribution in [0.5, 0.6) is 0 Å². The van der Waals surface area contributed by atoms with E-state index in [1.54, 1.807) is 6.33 Å². The van der Waals surface area contributed by atoms with Crippen molar-refractivity contribution in [2.45, 2.75) is 51.5 Å². The van der Waals surface area contributed by atoms with Gasteiger partial charge in [0.05, 0.1) is 5.92 Å². The van der Waals surface area contributed by atoms with Crippen molar-refractivity contribution in [3.8, 4) is 0 Å². The van der Waals surface area contributed by atoms with E-state index >= 15 is 0 Å². The fourth-order valence-corrected chi connectivity index (χ4v) is 6.24. The number of halogens is 1. The molecule has 2 atom stereocenters. The first-order chi connectivity index (χ1) is 17.4. The van der Waals surface area contributed by atoms with Gasteiger partial charge in [0.2, 0.25) is 5.91 Å². The van der Waals surface area contributed by atoms with Crippen LogP contribution in [-0.2, 0) is 11.2 Å². The molecule has 1 aromatic carbocycles. The Balaban J connectivity index is 1.27. The second kappa shape index (κ2) is 11.2. The van der Waals surface area contributed by atoms with E-state index in [9.17, 15) is 4.79 Å². The van der Waals surface area contributed by atoms with E-state index in [4.69, 9.17) is 0 Å². The standard InChI is InChI=1S/C28H39BrN6O/c1-20(2)33-12-10-32(11-13-33)18-24(22-5-7-23(29)8-6-22)28(36)35-16-14-34(15-17-35)27-26-21(3)4-9-25(26)30-19-31-27/h5-8,19-21,24H,4,9-18H2,1-3H3/t21-,24-/m1/s1. The fraction of sp³-hybridized carbons (Fsp3) is 0.607. The van der Waals surface area contributed by atoms with Crippen molar-refractivity contribution in [2.24, 2.45) is 0 Å². The molecule has 0 bridgehead atoms. The molecule has 3 aliphatic rings. The van der Waals surface area contributed by atoms with Gasteiger partial charge in [-0.1, -0.05) is 35.0 Å². The first kappa shape index (κ1) is 25.6. The number of amides is 1. The maximum atomic E-state index is 13.9. The van der Waals surface area contributed by atoms with Crippen molar-refractivity contribution < 1.29 is 4.79 Å². The van der Waals surface area contributed by atoms with Gasteiger partial charge in [0.25, 0.3) is 0 Å². The Morgan fingerprint density at radius 3 is 2.36 bits per heavy atom.